The first kappa shape index (κ1) is 5.88. The van der Waals surface area contributed by atoms with Crippen molar-refractivity contribution >= 4 is 17.4 Å². The molecule has 0 fully saturated rings. The molecule has 4 nitrogen and oxygen atoms in total. The van der Waals surface area contributed by atoms with Crippen LogP contribution in [0, 0.1) is 6.54 Å². The molecule has 1 aromatic rings. The average molecular weight is 156 g/mol. The number of hydrogen-bond donors (Lipinski definition) is 2. The standard InChI is InChI=1S/C5H4ClN4/c6-4-3-1-9-10-5(3)8-2-7-4/h1-2,9H,(H,7,8,10). The number of halogens is 1. The van der Waals surface area contributed by atoms with Crippen molar-refractivity contribution in [3.8, 4) is 0 Å². The number of anilines is 1. The van der Waals surface area contributed by atoms with Crippen molar-refractivity contribution in [3.05, 3.63) is 23.6 Å². The predicted molar refractivity (Wildman–Crippen MR) is 37.2 cm³/mol. The zero-order valence-corrected chi connectivity index (χ0v) is 5.68. The number of rotatable bonds is 0. The third-order valence-corrected chi connectivity index (χ3v) is 1.54. The van der Waals surface area contributed by atoms with Crippen LogP contribution in [0.5, 0.6) is 0 Å². The summed E-state index contributed by atoms with van der Waals surface area (Å²) in [5.41, 5.74) is 6.38. The van der Waals surface area contributed by atoms with Crippen LogP contribution in [0.1, 0.15) is 5.56 Å². The van der Waals surface area contributed by atoms with E-state index in [1.54, 1.807) is 6.54 Å². The molecule has 2 rings (SSSR count). The van der Waals surface area contributed by atoms with Gasteiger partial charge in [-0.25, -0.2) is 15.4 Å². The molecule has 0 spiro atoms. The number of fused-ring (bicyclic) bond motifs is 1. The first-order valence-corrected chi connectivity index (χ1v) is 3.11. The summed E-state index contributed by atoms with van der Waals surface area (Å²) in [4.78, 5) is 7.71. The summed E-state index contributed by atoms with van der Waals surface area (Å²) < 4.78 is 0. The molecule has 0 unspecified atom stereocenters. The molecule has 0 aliphatic carbocycles. The zero-order chi connectivity index (χ0) is 6.97. The van der Waals surface area contributed by atoms with Crippen LogP contribution in [0.4, 0.5) is 5.82 Å². The summed E-state index contributed by atoms with van der Waals surface area (Å²) in [6.07, 6.45) is 1.41. The van der Waals surface area contributed by atoms with E-state index in [1.807, 2.05) is 0 Å². The molecule has 2 heterocycles. The average Bonchev–Trinajstić information content (AvgIpc) is 2.36. The summed E-state index contributed by atoms with van der Waals surface area (Å²) >= 11 is 5.71. The number of hydrogen-bond acceptors (Lipinski definition) is 4. The van der Waals surface area contributed by atoms with Gasteiger partial charge in [0.1, 0.15) is 17.3 Å². The second-order valence-electron chi connectivity index (χ2n) is 1.84. The van der Waals surface area contributed by atoms with Gasteiger partial charge in [-0.3, -0.25) is 0 Å². The zero-order valence-electron chi connectivity index (χ0n) is 4.93. The summed E-state index contributed by atoms with van der Waals surface area (Å²) in [7, 11) is 0. The van der Waals surface area contributed by atoms with E-state index < -0.39 is 0 Å². The molecule has 1 aromatic heterocycles. The van der Waals surface area contributed by atoms with Gasteiger partial charge in [-0.2, -0.15) is 0 Å². The molecule has 0 amide bonds. The Morgan fingerprint density at radius 1 is 1.40 bits per heavy atom. The maximum Gasteiger partial charge on any atom is 0.150 e. The molecule has 0 bridgehead atoms. The summed E-state index contributed by atoms with van der Waals surface area (Å²) in [6.45, 7) is 1.72. The van der Waals surface area contributed by atoms with Crippen LogP contribution < -0.4 is 10.9 Å². The van der Waals surface area contributed by atoms with Gasteiger partial charge in [-0.05, 0) is 0 Å². The number of aromatic nitrogens is 2. The molecule has 51 valence electrons. The van der Waals surface area contributed by atoms with Crippen molar-refractivity contribution in [1.29, 1.82) is 0 Å². The number of hydrazine groups is 1. The van der Waals surface area contributed by atoms with Crippen LogP contribution in [-0.2, 0) is 0 Å². The minimum absolute atomic E-state index is 0.461. The van der Waals surface area contributed by atoms with Crippen LogP contribution in [0.25, 0.3) is 0 Å². The van der Waals surface area contributed by atoms with Gasteiger partial charge in [0, 0.05) is 0 Å². The molecule has 0 saturated carbocycles. The summed E-state index contributed by atoms with van der Waals surface area (Å²) in [5.74, 6) is 0.722. The fourth-order valence-corrected chi connectivity index (χ4v) is 0.966. The van der Waals surface area contributed by atoms with Gasteiger partial charge in [0.25, 0.3) is 0 Å². The van der Waals surface area contributed by atoms with E-state index >= 15 is 0 Å². The first-order valence-electron chi connectivity index (χ1n) is 2.73. The Kier molecular flexibility index (Phi) is 1.22. The van der Waals surface area contributed by atoms with E-state index in [0.717, 1.165) is 11.4 Å². The van der Waals surface area contributed by atoms with Crippen molar-refractivity contribution in [2.45, 2.75) is 0 Å². The van der Waals surface area contributed by atoms with Crippen LogP contribution in [0.2, 0.25) is 5.15 Å². The van der Waals surface area contributed by atoms with E-state index in [1.165, 1.54) is 6.33 Å². The molecule has 0 saturated heterocycles. The molecule has 0 aromatic carbocycles. The molecule has 10 heavy (non-hydrogen) atoms. The maximum atomic E-state index is 5.71. The van der Waals surface area contributed by atoms with E-state index in [0.29, 0.717) is 5.15 Å². The fourth-order valence-electron chi connectivity index (χ4n) is 0.778. The van der Waals surface area contributed by atoms with Crippen molar-refractivity contribution in [1.82, 2.24) is 15.4 Å². The molecule has 0 atom stereocenters. The smallest absolute Gasteiger partial charge is 0.150 e. The van der Waals surface area contributed by atoms with Crippen molar-refractivity contribution in [3.63, 3.8) is 0 Å². The van der Waals surface area contributed by atoms with Gasteiger partial charge in [-0.15, -0.1) is 0 Å². The molecule has 1 radical (unpaired) electrons. The van der Waals surface area contributed by atoms with Crippen LogP contribution in [-0.4, -0.2) is 9.97 Å². The molecule has 1 aliphatic rings. The summed E-state index contributed by atoms with van der Waals surface area (Å²) in [6, 6.07) is 0. The lowest BCUT2D eigenvalue weighted by Crippen LogP contribution is -2.09. The van der Waals surface area contributed by atoms with Gasteiger partial charge < -0.3 is 5.43 Å². The normalized spacial score (nSPS) is 14.5. The molecule has 1 aliphatic heterocycles. The highest BCUT2D eigenvalue weighted by Gasteiger charge is 2.14. The molecule has 5 heteroatoms. The second kappa shape index (κ2) is 2.07. The fraction of sp³-hybridized carbons (Fsp3) is 0. The topological polar surface area (TPSA) is 49.8 Å². The van der Waals surface area contributed by atoms with E-state index in [2.05, 4.69) is 20.8 Å². The Bertz CT molecular complexity index is 262. The third kappa shape index (κ3) is 0.732. The molecular weight excluding hydrogens is 152 g/mol. The van der Waals surface area contributed by atoms with Gasteiger partial charge in [0.05, 0.1) is 12.1 Å². The highest BCUT2D eigenvalue weighted by Crippen LogP contribution is 2.23. The lowest BCUT2D eigenvalue weighted by molar-refractivity contribution is 1.03. The van der Waals surface area contributed by atoms with Crippen LogP contribution in [0.15, 0.2) is 6.33 Å². The van der Waals surface area contributed by atoms with Crippen LogP contribution in [0.3, 0.4) is 0 Å². The monoisotopic (exact) mass is 155 g/mol. The van der Waals surface area contributed by atoms with Crippen molar-refractivity contribution in [2.24, 2.45) is 0 Å². The lowest BCUT2D eigenvalue weighted by Gasteiger charge is -1.94. The number of nitrogens with one attached hydrogen (secondary N) is 2. The van der Waals surface area contributed by atoms with Gasteiger partial charge in [-0.1, -0.05) is 11.6 Å². The lowest BCUT2D eigenvalue weighted by atomic mass is 10.3. The first-order chi connectivity index (χ1) is 4.88. The highest BCUT2D eigenvalue weighted by molar-refractivity contribution is 6.30. The Morgan fingerprint density at radius 3 is 3.10 bits per heavy atom. The highest BCUT2D eigenvalue weighted by atomic mass is 35.5. The van der Waals surface area contributed by atoms with Crippen molar-refractivity contribution in [2.75, 3.05) is 5.43 Å². The molecule has 2 N–H and O–H groups in total. The summed E-state index contributed by atoms with van der Waals surface area (Å²) in [5, 5.41) is 0.461. The van der Waals surface area contributed by atoms with Gasteiger partial charge in [0.2, 0.25) is 0 Å². The van der Waals surface area contributed by atoms with E-state index in [4.69, 9.17) is 11.6 Å². The minimum atomic E-state index is 0.461. The minimum Gasteiger partial charge on any atom is -0.305 e. The Morgan fingerprint density at radius 2 is 2.30 bits per heavy atom. The Hall–Kier alpha value is -0.870. The largest absolute Gasteiger partial charge is 0.305 e. The molecular formula is C5H4ClN4. The maximum absolute atomic E-state index is 5.71. The van der Waals surface area contributed by atoms with Crippen molar-refractivity contribution < 1.29 is 0 Å². The van der Waals surface area contributed by atoms with Crippen LogP contribution >= 0.6 is 11.6 Å². The Balaban J connectivity index is 2.59. The Labute approximate surface area is 62.6 Å². The quantitative estimate of drug-likeness (QED) is 0.538. The predicted octanol–water partition coefficient (Wildman–Crippen LogP) is 0.570. The van der Waals surface area contributed by atoms with E-state index in [-0.39, 0.29) is 0 Å². The van der Waals surface area contributed by atoms with Gasteiger partial charge >= 0.3 is 0 Å². The SMILES string of the molecule is Clc1ncnc2c1[CH]NN2. The third-order valence-electron chi connectivity index (χ3n) is 1.24. The van der Waals surface area contributed by atoms with E-state index in [9.17, 15) is 0 Å². The van der Waals surface area contributed by atoms with Gasteiger partial charge in [0.15, 0.2) is 0 Å². The number of nitrogens with zero attached hydrogens (tertiary/aromatic N) is 2. The second-order valence-corrected chi connectivity index (χ2v) is 2.20.